The number of sulfonamides is 1. The van der Waals surface area contributed by atoms with E-state index >= 15 is 0 Å². The molecule has 34 heavy (non-hydrogen) atoms. The third-order valence-corrected chi connectivity index (χ3v) is 7.57. The molecule has 0 spiro atoms. The maximum absolute atomic E-state index is 13.2. The molecule has 1 heterocycles. The van der Waals surface area contributed by atoms with Crippen molar-refractivity contribution in [2.45, 2.75) is 43.7 Å². The highest BCUT2D eigenvalue weighted by molar-refractivity contribution is 7.89. The highest BCUT2D eigenvalue weighted by atomic mass is 32.2. The van der Waals surface area contributed by atoms with Crippen LogP contribution in [0, 0.1) is 11.3 Å². The minimum atomic E-state index is -3.96. The van der Waals surface area contributed by atoms with Gasteiger partial charge in [0.2, 0.25) is 15.9 Å². The van der Waals surface area contributed by atoms with Crippen LogP contribution in [0.2, 0.25) is 0 Å². The number of carbonyl (C=O) groups excluding carboxylic acids is 2. The van der Waals surface area contributed by atoms with E-state index in [9.17, 15) is 18.0 Å². The summed E-state index contributed by atoms with van der Waals surface area (Å²) in [5.41, 5.74) is 0.809. The second-order valence-electron chi connectivity index (χ2n) is 8.00. The van der Waals surface area contributed by atoms with Crippen LogP contribution in [-0.4, -0.2) is 56.8 Å². The number of likely N-dealkylation sites (N-methyl/N-ethyl adjacent to an activating group) is 1. The van der Waals surface area contributed by atoms with E-state index in [1.165, 1.54) is 36.2 Å². The second-order valence-corrected chi connectivity index (χ2v) is 10.0. The molecule has 2 amide bonds. The standard InChI is InChI=1S/C24H28N4O5S/c1-4-18(5-2)26-24(30)22-15-28(20-8-6-7-9-21(20)33-22)23(29)16-27(3)34(31,32)19-12-10-17(14-25)11-13-19/h6-13,18,22H,4-5,15-16H2,1-3H3,(H,26,30). The molecule has 1 aliphatic rings. The topological polar surface area (TPSA) is 120 Å². The summed E-state index contributed by atoms with van der Waals surface area (Å²) in [5, 5.41) is 11.9. The number of nitrogens with zero attached hydrogens (tertiary/aromatic N) is 3. The Morgan fingerprint density at radius 2 is 1.82 bits per heavy atom. The Bertz CT molecular complexity index is 1190. The summed E-state index contributed by atoms with van der Waals surface area (Å²) < 4.78 is 32.7. The lowest BCUT2D eigenvalue weighted by molar-refractivity contribution is -0.129. The number of anilines is 1. The minimum Gasteiger partial charge on any atom is -0.477 e. The first-order valence-corrected chi connectivity index (χ1v) is 12.5. The van der Waals surface area contributed by atoms with Crippen molar-refractivity contribution in [3.05, 3.63) is 54.1 Å². The van der Waals surface area contributed by atoms with Crippen molar-refractivity contribution in [1.82, 2.24) is 9.62 Å². The first-order chi connectivity index (χ1) is 16.2. The molecule has 0 fully saturated rings. The van der Waals surface area contributed by atoms with E-state index in [-0.39, 0.29) is 23.4 Å². The van der Waals surface area contributed by atoms with Crippen molar-refractivity contribution >= 4 is 27.5 Å². The molecule has 1 atom stereocenters. The summed E-state index contributed by atoms with van der Waals surface area (Å²) in [6.07, 6.45) is 0.623. The number of hydrogen-bond acceptors (Lipinski definition) is 6. The zero-order valence-electron chi connectivity index (χ0n) is 19.4. The van der Waals surface area contributed by atoms with Crippen molar-refractivity contribution in [2.24, 2.45) is 0 Å². The lowest BCUT2D eigenvalue weighted by Crippen LogP contribution is -2.54. The SMILES string of the molecule is CCC(CC)NC(=O)C1CN(C(=O)CN(C)S(=O)(=O)c2ccc(C#N)cc2)c2ccccc2O1. The van der Waals surface area contributed by atoms with Gasteiger partial charge in [0, 0.05) is 13.1 Å². The summed E-state index contributed by atoms with van der Waals surface area (Å²) in [4.78, 5) is 27.4. The lowest BCUT2D eigenvalue weighted by Gasteiger charge is -2.35. The predicted molar refractivity (Wildman–Crippen MR) is 127 cm³/mol. The fraction of sp³-hybridized carbons (Fsp3) is 0.375. The maximum Gasteiger partial charge on any atom is 0.263 e. The number of para-hydroxylation sites is 2. The molecular formula is C24H28N4O5S. The number of amides is 2. The van der Waals surface area contributed by atoms with Crippen molar-refractivity contribution in [3.63, 3.8) is 0 Å². The molecule has 2 aromatic rings. The summed E-state index contributed by atoms with van der Waals surface area (Å²) in [6.45, 7) is 3.49. The Labute approximate surface area is 200 Å². The average molecular weight is 485 g/mol. The molecule has 0 aromatic heterocycles. The van der Waals surface area contributed by atoms with Gasteiger partial charge in [-0.15, -0.1) is 0 Å². The number of hydrogen-bond donors (Lipinski definition) is 1. The quantitative estimate of drug-likeness (QED) is 0.614. The van der Waals surface area contributed by atoms with Gasteiger partial charge in [0.15, 0.2) is 6.10 Å². The third-order valence-electron chi connectivity index (χ3n) is 5.75. The molecule has 0 radical (unpaired) electrons. The van der Waals surface area contributed by atoms with Crippen molar-refractivity contribution < 1.29 is 22.7 Å². The summed E-state index contributed by atoms with van der Waals surface area (Å²) in [6, 6.07) is 14.3. The van der Waals surface area contributed by atoms with Crippen LogP contribution in [0.5, 0.6) is 5.75 Å². The van der Waals surface area contributed by atoms with Crippen LogP contribution in [0.4, 0.5) is 5.69 Å². The number of fused-ring (bicyclic) bond motifs is 1. The van der Waals surface area contributed by atoms with Gasteiger partial charge in [-0.05, 0) is 49.2 Å². The molecular weight excluding hydrogens is 456 g/mol. The number of carbonyl (C=O) groups is 2. The van der Waals surface area contributed by atoms with E-state index < -0.39 is 28.6 Å². The zero-order valence-corrected chi connectivity index (χ0v) is 20.2. The molecule has 0 aliphatic carbocycles. The van der Waals surface area contributed by atoms with E-state index in [4.69, 9.17) is 10.00 Å². The Hall–Kier alpha value is -3.42. The van der Waals surface area contributed by atoms with Crippen LogP contribution in [0.15, 0.2) is 53.4 Å². The van der Waals surface area contributed by atoms with E-state index in [1.807, 2.05) is 19.9 Å². The second kappa shape index (κ2) is 10.7. The molecule has 1 aliphatic heterocycles. The number of ether oxygens (including phenoxy) is 1. The lowest BCUT2D eigenvalue weighted by atomic mass is 10.1. The molecule has 0 bridgehead atoms. The maximum atomic E-state index is 13.2. The monoisotopic (exact) mass is 484 g/mol. The van der Waals surface area contributed by atoms with E-state index in [0.29, 0.717) is 17.0 Å². The van der Waals surface area contributed by atoms with E-state index in [1.54, 1.807) is 24.3 Å². The van der Waals surface area contributed by atoms with Gasteiger partial charge in [-0.1, -0.05) is 26.0 Å². The summed E-state index contributed by atoms with van der Waals surface area (Å²) in [7, 11) is -2.65. The molecule has 3 rings (SSSR count). The fourth-order valence-corrected chi connectivity index (χ4v) is 4.76. The van der Waals surface area contributed by atoms with Gasteiger partial charge in [0.05, 0.1) is 35.3 Å². The van der Waals surface area contributed by atoms with Crippen LogP contribution < -0.4 is 15.0 Å². The van der Waals surface area contributed by atoms with E-state index in [2.05, 4.69) is 5.32 Å². The number of nitrogens with one attached hydrogen (secondary N) is 1. The normalized spacial score (nSPS) is 15.4. The van der Waals surface area contributed by atoms with Crippen molar-refractivity contribution in [3.8, 4) is 11.8 Å². The largest absolute Gasteiger partial charge is 0.477 e. The predicted octanol–water partition coefficient (Wildman–Crippen LogP) is 2.28. The molecule has 1 N–H and O–H groups in total. The van der Waals surface area contributed by atoms with Gasteiger partial charge >= 0.3 is 0 Å². The van der Waals surface area contributed by atoms with Gasteiger partial charge < -0.3 is 15.0 Å². The summed E-state index contributed by atoms with van der Waals surface area (Å²) >= 11 is 0. The van der Waals surface area contributed by atoms with Crippen LogP contribution in [0.25, 0.3) is 0 Å². The molecule has 10 heteroatoms. The summed E-state index contributed by atoms with van der Waals surface area (Å²) in [5.74, 6) is -0.431. The minimum absolute atomic E-state index is 0.00104. The van der Waals surface area contributed by atoms with Crippen LogP contribution in [0.3, 0.4) is 0 Å². The molecule has 0 saturated heterocycles. The third kappa shape index (κ3) is 5.38. The van der Waals surface area contributed by atoms with Crippen LogP contribution in [0.1, 0.15) is 32.3 Å². The average Bonchev–Trinajstić information content (AvgIpc) is 2.86. The van der Waals surface area contributed by atoms with Crippen molar-refractivity contribution in [2.75, 3.05) is 25.0 Å². The molecule has 2 aromatic carbocycles. The number of nitriles is 1. The first-order valence-electron chi connectivity index (χ1n) is 11.0. The molecule has 0 saturated carbocycles. The van der Waals surface area contributed by atoms with Gasteiger partial charge in [-0.2, -0.15) is 9.57 Å². The highest BCUT2D eigenvalue weighted by Crippen LogP contribution is 2.33. The van der Waals surface area contributed by atoms with Gasteiger partial charge in [-0.25, -0.2) is 8.42 Å². The molecule has 180 valence electrons. The molecule has 1 unspecified atom stereocenters. The van der Waals surface area contributed by atoms with Gasteiger partial charge in [0.1, 0.15) is 5.75 Å². The Balaban J connectivity index is 1.80. The first kappa shape index (κ1) is 25.2. The van der Waals surface area contributed by atoms with Gasteiger partial charge in [-0.3, -0.25) is 9.59 Å². The number of benzene rings is 2. The van der Waals surface area contributed by atoms with Crippen LogP contribution in [-0.2, 0) is 19.6 Å². The van der Waals surface area contributed by atoms with Gasteiger partial charge in [0.25, 0.3) is 5.91 Å². The van der Waals surface area contributed by atoms with E-state index in [0.717, 1.165) is 17.1 Å². The zero-order chi connectivity index (χ0) is 24.9. The number of rotatable bonds is 8. The molecule has 9 nitrogen and oxygen atoms in total. The Kier molecular flexibility index (Phi) is 7.91. The smallest absolute Gasteiger partial charge is 0.263 e. The van der Waals surface area contributed by atoms with Crippen molar-refractivity contribution in [1.29, 1.82) is 5.26 Å². The Morgan fingerprint density at radius 1 is 1.18 bits per heavy atom. The van der Waals surface area contributed by atoms with Crippen LogP contribution >= 0.6 is 0 Å². The Morgan fingerprint density at radius 3 is 2.44 bits per heavy atom. The fourth-order valence-electron chi connectivity index (χ4n) is 3.64. The highest BCUT2D eigenvalue weighted by Gasteiger charge is 2.35.